The number of hydrogen-bond donors (Lipinski definition) is 2. The van der Waals surface area contributed by atoms with Crippen molar-refractivity contribution in [3.05, 3.63) is 26.7 Å². The first-order valence-electron chi connectivity index (χ1n) is 5.47. The summed E-state index contributed by atoms with van der Waals surface area (Å²) in [4.78, 5) is 31.9. The second-order valence-electron chi connectivity index (χ2n) is 5.41. The van der Waals surface area contributed by atoms with Gasteiger partial charge in [-0.05, 0) is 12.3 Å². The van der Waals surface area contributed by atoms with Crippen LogP contribution in [0.15, 0.2) is 9.59 Å². The zero-order valence-corrected chi connectivity index (χ0v) is 13.4. The number of aryl methyl sites for hydroxylation is 1. The molecule has 0 amide bonds. The number of aromatic nitrogens is 4. The normalized spacial score (nSPS) is 11.6. The van der Waals surface area contributed by atoms with E-state index in [1.165, 1.54) is 0 Å². The van der Waals surface area contributed by atoms with Gasteiger partial charge in [0.05, 0.1) is 0 Å². The third-order valence-corrected chi connectivity index (χ3v) is 2.46. The molecule has 7 heteroatoms. The maximum Gasteiger partial charge on any atom is 1.00 e. The third kappa shape index (κ3) is 2.93. The van der Waals surface area contributed by atoms with Crippen LogP contribution in [0, 0.1) is 12.3 Å². The Labute approximate surface area is 128 Å². The number of rotatable bonds is 1. The first kappa shape index (κ1) is 15.2. The van der Waals surface area contributed by atoms with Crippen molar-refractivity contribution >= 4 is 11.2 Å². The molecule has 0 radical (unpaired) electrons. The molecule has 0 bridgehead atoms. The van der Waals surface area contributed by atoms with Crippen molar-refractivity contribution in [1.82, 2.24) is 19.5 Å². The number of hydrogen-bond acceptors (Lipinski definition) is 3. The quantitative estimate of drug-likeness (QED) is 0.575. The van der Waals surface area contributed by atoms with Gasteiger partial charge in [-0.1, -0.05) is 20.8 Å². The first-order chi connectivity index (χ1) is 7.78. The van der Waals surface area contributed by atoms with Crippen molar-refractivity contribution in [3.63, 3.8) is 0 Å². The fraction of sp³-hybridized carbons (Fsp3) is 0.545. The first-order valence-corrected chi connectivity index (χ1v) is 5.47. The van der Waals surface area contributed by atoms with Crippen LogP contribution in [0.1, 0.15) is 28.0 Å². The van der Waals surface area contributed by atoms with E-state index in [0.29, 0.717) is 17.7 Å². The van der Waals surface area contributed by atoms with Crippen LogP contribution in [0.4, 0.5) is 0 Å². The average molecular weight is 260 g/mol. The molecule has 0 aromatic carbocycles. The SMILES string of the molecule is Cc1nc2[nH]c(=O)[nH]c(=O)c2n1CC(C)(C)C.[H-].[Na+]. The third-order valence-electron chi connectivity index (χ3n) is 2.46. The standard InChI is InChI=1S/C11H16N4O2.Na.H/c1-6-12-8-7(9(16)14-10(17)13-8)15(6)5-11(2,3)4;;/h5H2,1-4H3,(H2,13,14,16,17);;/q;+1;-1. The minimum atomic E-state index is -0.525. The molecular weight excluding hydrogens is 243 g/mol. The van der Waals surface area contributed by atoms with Gasteiger partial charge in [-0.15, -0.1) is 0 Å². The molecule has 2 heterocycles. The molecule has 0 saturated carbocycles. The second kappa shape index (κ2) is 5.03. The molecule has 6 nitrogen and oxygen atoms in total. The molecule has 2 aromatic rings. The molecule has 0 unspecified atom stereocenters. The molecular formula is C11H17N4NaO2. The Hall–Kier alpha value is -0.850. The Kier molecular flexibility index (Phi) is 4.25. The predicted molar refractivity (Wildman–Crippen MR) is 66.3 cm³/mol. The van der Waals surface area contributed by atoms with Crippen molar-refractivity contribution in [1.29, 1.82) is 0 Å². The Morgan fingerprint density at radius 3 is 2.44 bits per heavy atom. The maximum absolute atomic E-state index is 11.8. The molecule has 0 atom stereocenters. The summed E-state index contributed by atoms with van der Waals surface area (Å²) >= 11 is 0. The molecule has 0 aliphatic carbocycles. The van der Waals surface area contributed by atoms with Gasteiger partial charge in [0, 0.05) is 6.54 Å². The molecule has 0 aliphatic heterocycles. The monoisotopic (exact) mass is 260 g/mol. The van der Waals surface area contributed by atoms with Gasteiger partial charge in [-0.2, -0.15) is 0 Å². The van der Waals surface area contributed by atoms with Gasteiger partial charge in [0.1, 0.15) is 5.82 Å². The number of imidazole rings is 1. The molecule has 94 valence electrons. The summed E-state index contributed by atoms with van der Waals surface area (Å²) in [5.74, 6) is 0.724. The second-order valence-corrected chi connectivity index (χ2v) is 5.41. The zero-order valence-electron chi connectivity index (χ0n) is 12.4. The van der Waals surface area contributed by atoms with Crippen molar-refractivity contribution in [2.45, 2.75) is 34.2 Å². The van der Waals surface area contributed by atoms with Gasteiger partial charge < -0.3 is 5.99 Å². The van der Waals surface area contributed by atoms with Crippen molar-refractivity contribution in [3.8, 4) is 0 Å². The van der Waals surface area contributed by atoms with Crippen LogP contribution in [0.25, 0.3) is 11.2 Å². The summed E-state index contributed by atoms with van der Waals surface area (Å²) in [7, 11) is 0. The van der Waals surface area contributed by atoms with E-state index in [2.05, 4.69) is 35.7 Å². The zero-order chi connectivity index (χ0) is 12.8. The Bertz CT molecular complexity index is 681. The van der Waals surface area contributed by atoms with E-state index in [-0.39, 0.29) is 36.4 Å². The summed E-state index contributed by atoms with van der Waals surface area (Å²) < 4.78 is 1.84. The van der Waals surface area contributed by atoms with Crippen molar-refractivity contribution < 1.29 is 31.0 Å². The number of fused-ring (bicyclic) bond motifs is 1. The molecule has 0 fully saturated rings. The average Bonchev–Trinajstić information content (AvgIpc) is 2.39. The van der Waals surface area contributed by atoms with Gasteiger partial charge in [0.2, 0.25) is 0 Å². The van der Waals surface area contributed by atoms with E-state index in [1.54, 1.807) is 0 Å². The molecule has 2 rings (SSSR count). The van der Waals surface area contributed by atoms with Gasteiger partial charge in [-0.3, -0.25) is 14.8 Å². The minimum absolute atomic E-state index is 0. The van der Waals surface area contributed by atoms with Crippen molar-refractivity contribution in [2.75, 3.05) is 0 Å². The van der Waals surface area contributed by atoms with Crippen LogP contribution in [0.2, 0.25) is 0 Å². The minimum Gasteiger partial charge on any atom is -1.00 e. The van der Waals surface area contributed by atoms with Crippen LogP contribution in [-0.4, -0.2) is 19.5 Å². The van der Waals surface area contributed by atoms with E-state index >= 15 is 0 Å². The molecule has 0 spiro atoms. The van der Waals surface area contributed by atoms with E-state index in [4.69, 9.17) is 0 Å². The van der Waals surface area contributed by atoms with Crippen LogP contribution in [0.3, 0.4) is 0 Å². The molecule has 2 aromatic heterocycles. The molecule has 0 saturated heterocycles. The van der Waals surface area contributed by atoms with E-state index < -0.39 is 11.2 Å². The van der Waals surface area contributed by atoms with Crippen LogP contribution >= 0.6 is 0 Å². The van der Waals surface area contributed by atoms with Gasteiger partial charge >= 0.3 is 35.2 Å². The largest absolute Gasteiger partial charge is 1.00 e. The van der Waals surface area contributed by atoms with Crippen molar-refractivity contribution in [2.24, 2.45) is 5.41 Å². The Balaban J connectivity index is 0.00000162. The van der Waals surface area contributed by atoms with Crippen LogP contribution in [-0.2, 0) is 6.54 Å². The van der Waals surface area contributed by atoms with Crippen LogP contribution in [0.5, 0.6) is 0 Å². The van der Waals surface area contributed by atoms with Gasteiger partial charge in [-0.25, -0.2) is 9.78 Å². The summed E-state index contributed by atoms with van der Waals surface area (Å²) in [5.41, 5.74) is -0.116. The fourth-order valence-electron chi connectivity index (χ4n) is 1.85. The number of nitrogens with one attached hydrogen (secondary N) is 2. The van der Waals surface area contributed by atoms with E-state index in [1.807, 2.05) is 11.5 Å². The molecule has 2 N–H and O–H groups in total. The van der Waals surface area contributed by atoms with E-state index in [9.17, 15) is 9.59 Å². The summed E-state index contributed by atoms with van der Waals surface area (Å²) in [6.07, 6.45) is 0. The van der Waals surface area contributed by atoms with Crippen LogP contribution < -0.4 is 40.8 Å². The smallest absolute Gasteiger partial charge is 1.00 e. The van der Waals surface area contributed by atoms with Gasteiger partial charge in [0.25, 0.3) is 5.56 Å². The molecule has 18 heavy (non-hydrogen) atoms. The topological polar surface area (TPSA) is 83.5 Å². The Morgan fingerprint density at radius 2 is 1.89 bits per heavy atom. The number of nitrogens with zero attached hydrogens (tertiary/aromatic N) is 2. The predicted octanol–water partition coefficient (Wildman–Crippen LogP) is -2.12. The van der Waals surface area contributed by atoms with E-state index in [0.717, 1.165) is 5.82 Å². The maximum atomic E-state index is 11.8. The van der Waals surface area contributed by atoms with Gasteiger partial charge in [0.15, 0.2) is 11.2 Å². The summed E-state index contributed by atoms with van der Waals surface area (Å²) in [6, 6.07) is 0. The summed E-state index contributed by atoms with van der Waals surface area (Å²) in [6.45, 7) is 8.74. The summed E-state index contributed by atoms with van der Waals surface area (Å²) in [5, 5.41) is 0. The number of H-pyrrole nitrogens is 2. The Morgan fingerprint density at radius 1 is 1.28 bits per heavy atom. The number of aromatic amines is 2. The molecule has 0 aliphatic rings. The fourth-order valence-corrected chi connectivity index (χ4v) is 1.85.